The molecule has 1 unspecified atom stereocenters. The minimum absolute atomic E-state index is 0.220. The number of hydrogen-bond donors (Lipinski definition) is 1. The van der Waals surface area contributed by atoms with Gasteiger partial charge in [-0.3, -0.25) is 10.1 Å². The van der Waals surface area contributed by atoms with Crippen molar-refractivity contribution in [2.24, 2.45) is 0 Å². The molecule has 134 valence electrons. The number of amides is 1. The first kappa shape index (κ1) is 18.1. The van der Waals surface area contributed by atoms with Gasteiger partial charge in [0.1, 0.15) is 10.8 Å². The molecule has 0 aliphatic carbocycles. The molecule has 6 heteroatoms. The van der Waals surface area contributed by atoms with Crippen LogP contribution in [-0.2, 0) is 4.79 Å². The summed E-state index contributed by atoms with van der Waals surface area (Å²) in [6.07, 6.45) is -0.0244. The van der Waals surface area contributed by atoms with Gasteiger partial charge in [0, 0.05) is 5.56 Å². The van der Waals surface area contributed by atoms with E-state index in [0.717, 1.165) is 21.7 Å². The Morgan fingerprint density at radius 2 is 1.81 bits per heavy atom. The summed E-state index contributed by atoms with van der Waals surface area (Å²) in [5.74, 6) is 0.481. The van der Waals surface area contributed by atoms with Crippen molar-refractivity contribution in [2.45, 2.75) is 33.3 Å². The second-order valence-corrected chi connectivity index (χ2v) is 7.08. The van der Waals surface area contributed by atoms with Gasteiger partial charge >= 0.3 is 0 Å². The molecule has 3 aromatic rings. The van der Waals surface area contributed by atoms with E-state index in [1.807, 2.05) is 63.2 Å². The lowest BCUT2D eigenvalue weighted by atomic mass is 10.1. The van der Waals surface area contributed by atoms with E-state index in [-0.39, 0.29) is 5.91 Å². The fourth-order valence-corrected chi connectivity index (χ4v) is 3.40. The number of hydrogen-bond acceptors (Lipinski definition) is 5. The summed E-state index contributed by atoms with van der Waals surface area (Å²) in [6.45, 7) is 5.93. The highest BCUT2D eigenvalue weighted by atomic mass is 32.1. The highest BCUT2D eigenvalue weighted by Crippen LogP contribution is 2.26. The first-order chi connectivity index (χ1) is 12.5. The van der Waals surface area contributed by atoms with Gasteiger partial charge in [0.15, 0.2) is 6.10 Å². The van der Waals surface area contributed by atoms with E-state index >= 15 is 0 Å². The van der Waals surface area contributed by atoms with Crippen LogP contribution in [0.15, 0.2) is 48.5 Å². The Labute approximate surface area is 157 Å². The highest BCUT2D eigenvalue weighted by Gasteiger charge is 2.20. The van der Waals surface area contributed by atoms with Gasteiger partial charge in [0.25, 0.3) is 5.91 Å². The fourth-order valence-electron chi connectivity index (χ4n) is 2.64. The molecule has 0 bridgehead atoms. The maximum absolute atomic E-state index is 12.6. The van der Waals surface area contributed by atoms with Gasteiger partial charge in [-0.2, -0.15) is 0 Å². The quantitative estimate of drug-likeness (QED) is 0.690. The molecule has 5 nitrogen and oxygen atoms in total. The van der Waals surface area contributed by atoms with Crippen molar-refractivity contribution in [3.63, 3.8) is 0 Å². The van der Waals surface area contributed by atoms with E-state index in [1.165, 1.54) is 11.3 Å². The number of nitrogens with one attached hydrogen (secondary N) is 1. The molecule has 1 aromatic heterocycles. The number of rotatable bonds is 6. The van der Waals surface area contributed by atoms with Crippen LogP contribution >= 0.6 is 11.3 Å². The molecular weight excluding hydrogens is 346 g/mol. The van der Waals surface area contributed by atoms with E-state index < -0.39 is 6.10 Å². The van der Waals surface area contributed by atoms with Crippen molar-refractivity contribution < 1.29 is 9.53 Å². The zero-order valence-corrected chi connectivity index (χ0v) is 15.8. The van der Waals surface area contributed by atoms with Gasteiger partial charge in [-0.25, -0.2) is 0 Å². The number of nitrogens with zero attached hydrogens (tertiary/aromatic N) is 2. The predicted molar refractivity (Wildman–Crippen MR) is 105 cm³/mol. The molecule has 0 saturated heterocycles. The average Bonchev–Trinajstić information content (AvgIpc) is 3.08. The van der Waals surface area contributed by atoms with Crippen LogP contribution in [0.1, 0.15) is 24.5 Å². The molecular formula is C20H21N3O2S. The van der Waals surface area contributed by atoms with Crippen LogP contribution in [0.5, 0.6) is 5.75 Å². The summed E-state index contributed by atoms with van der Waals surface area (Å²) in [6, 6.07) is 15.7. The summed E-state index contributed by atoms with van der Waals surface area (Å²) in [5, 5.41) is 12.3. The van der Waals surface area contributed by atoms with E-state index in [9.17, 15) is 4.79 Å². The number of carbonyl (C=O) groups is 1. The first-order valence-electron chi connectivity index (χ1n) is 8.50. The van der Waals surface area contributed by atoms with E-state index in [0.29, 0.717) is 17.3 Å². The normalized spacial score (nSPS) is 11.8. The maximum Gasteiger partial charge on any atom is 0.267 e. The van der Waals surface area contributed by atoms with Crippen molar-refractivity contribution in [3.05, 3.63) is 59.7 Å². The number of benzene rings is 2. The third-order valence-corrected chi connectivity index (χ3v) is 4.70. The number of ether oxygens (including phenoxy) is 1. The van der Waals surface area contributed by atoms with Crippen LogP contribution < -0.4 is 10.1 Å². The molecule has 1 amide bonds. The van der Waals surface area contributed by atoms with Crippen LogP contribution in [0.25, 0.3) is 10.6 Å². The predicted octanol–water partition coefficient (Wildman–Crippen LogP) is 4.62. The van der Waals surface area contributed by atoms with E-state index in [4.69, 9.17) is 4.74 Å². The molecule has 0 fully saturated rings. The molecule has 0 radical (unpaired) electrons. The third-order valence-electron chi connectivity index (χ3n) is 3.81. The molecule has 0 aliphatic rings. The van der Waals surface area contributed by atoms with E-state index in [2.05, 4.69) is 21.6 Å². The summed E-state index contributed by atoms with van der Waals surface area (Å²) in [4.78, 5) is 12.6. The fraction of sp³-hybridized carbons (Fsp3) is 0.250. The van der Waals surface area contributed by atoms with Crippen LogP contribution in [0.3, 0.4) is 0 Å². The van der Waals surface area contributed by atoms with Gasteiger partial charge in [-0.15, -0.1) is 10.2 Å². The molecule has 0 aliphatic heterocycles. The molecule has 1 heterocycles. The van der Waals surface area contributed by atoms with Crippen LogP contribution in [0.2, 0.25) is 0 Å². The molecule has 1 atom stereocenters. The summed E-state index contributed by atoms with van der Waals surface area (Å²) < 4.78 is 5.90. The summed E-state index contributed by atoms with van der Waals surface area (Å²) in [7, 11) is 0. The lowest BCUT2D eigenvalue weighted by Crippen LogP contribution is -2.32. The summed E-state index contributed by atoms with van der Waals surface area (Å²) >= 11 is 1.34. The summed E-state index contributed by atoms with van der Waals surface area (Å²) in [5.41, 5.74) is 3.18. The molecule has 0 saturated carbocycles. The average molecular weight is 367 g/mol. The molecule has 0 spiro atoms. The van der Waals surface area contributed by atoms with Gasteiger partial charge in [0.05, 0.1) is 0 Å². The standard InChI is InChI=1S/C20H21N3O2S/c1-4-17(25-16-11-13(2)10-14(3)12-16)18(24)21-20-23-22-19(26-20)15-8-6-5-7-9-15/h5-12,17H,4H2,1-3H3,(H,21,23,24). The van der Waals surface area contributed by atoms with Crippen molar-refractivity contribution in [1.29, 1.82) is 0 Å². The highest BCUT2D eigenvalue weighted by molar-refractivity contribution is 7.18. The topological polar surface area (TPSA) is 64.1 Å². The van der Waals surface area contributed by atoms with Crippen molar-refractivity contribution in [3.8, 4) is 16.3 Å². The SMILES string of the molecule is CCC(Oc1cc(C)cc(C)c1)C(=O)Nc1nnc(-c2ccccc2)s1. The minimum Gasteiger partial charge on any atom is -0.481 e. The Kier molecular flexibility index (Phi) is 5.63. The van der Waals surface area contributed by atoms with Gasteiger partial charge in [-0.1, -0.05) is 54.7 Å². The lowest BCUT2D eigenvalue weighted by Gasteiger charge is -2.17. The molecule has 3 rings (SSSR count). The monoisotopic (exact) mass is 367 g/mol. The van der Waals surface area contributed by atoms with Gasteiger partial charge in [0.2, 0.25) is 5.13 Å². The maximum atomic E-state index is 12.6. The lowest BCUT2D eigenvalue weighted by molar-refractivity contribution is -0.122. The number of aryl methyl sites for hydroxylation is 2. The van der Waals surface area contributed by atoms with E-state index in [1.54, 1.807) is 0 Å². The van der Waals surface area contributed by atoms with Crippen LogP contribution in [0.4, 0.5) is 5.13 Å². The Hall–Kier alpha value is -2.73. The van der Waals surface area contributed by atoms with Crippen LogP contribution in [-0.4, -0.2) is 22.2 Å². The Morgan fingerprint density at radius 1 is 1.12 bits per heavy atom. The molecule has 1 N–H and O–H groups in total. The second-order valence-electron chi connectivity index (χ2n) is 6.11. The largest absolute Gasteiger partial charge is 0.481 e. The third kappa shape index (κ3) is 4.46. The van der Waals surface area contributed by atoms with Crippen LogP contribution in [0, 0.1) is 13.8 Å². The zero-order valence-electron chi connectivity index (χ0n) is 15.0. The smallest absolute Gasteiger partial charge is 0.267 e. The Bertz CT molecular complexity index is 873. The molecule has 2 aromatic carbocycles. The zero-order chi connectivity index (χ0) is 18.5. The number of aromatic nitrogens is 2. The Balaban J connectivity index is 1.69. The number of anilines is 1. The van der Waals surface area contributed by atoms with Crippen molar-refractivity contribution >= 4 is 22.4 Å². The van der Waals surface area contributed by atoms with Crippen molar-refractivity contribution in [2.75, 3.05) is 5.32 Å². The van der Waals surface area contributed by atoms with Gasteiger partial charge < -0.3 is 4.74 Å². The first-order valence-corrected chi connectivity index (χ1v) is 9.31. The van der Waals surface area contributed by atoms with Crippen molar-refractivity contribution in [1.82, 2.24) is 10.2 Å². The molecule has 26 heavy (non-hydrogen) atoms. The second kappa shape index (κ2) is 8.10. The minimum atomic E-state index is -0.583. The number of carbonyl (C=O) groups excluding carboxylic acids is 1. The van der Waals surface area contributed by atoms with Gasteiger partial charge in [-0.05, 0) is 43.5 Å². The Morgan fingerprint density at radius 3 is 2.46 bits per heavy atom.